The number of likely N-dealkylation sites (tertiary alicyclic amines) is 7. The van der Waals surface area contributed by atoms with E-state index in [2.05, 4.69) is 143 Å². The number of carbonyl (C=O) groups is 7. The van der Waals surface area contributed by atoms with Gasteiger partial charge in [0, 0.05) is 126 Å². The van der Waals surface area contributed by atoms with Gasteiger partial charge in [0.25, 0.3) is 23.6 Å². The van der Waals surface area contributed by atoms with E-state index in [1.807, 2.05) is 243 Å². The SMILES string of the molecule is C=C(C)C[C@]1(C)CCCN(C(=O)c2ccccc2)C1.C=C(Cl)C[C@]1(C)CCCN(C(=O)c2ccccc2)C1.C=CC[C@]1(C)CCCN(C(=O)Oc2ccccc2)C1.C=CC[C@]1(C)CCCN(C(=O)c2ccc(-c3ccccc3)cc2)C1.C=CC[C@]1(C)CCCN(C(=O)c2cccc3ccccc23)C1.C=CC[C@]1(C)CCN(C(=O)OCc2ccccc2)C1.C=CC[C@]1(Cc2ccccc2)CCCN(C(C)=O)C1. The Kier molecular flexibility index (Phi) is 42.4. The standard InChI is InChI=1S/C22H25NO.C20H23NO.2C17H23NO.C16H20ClNO.2C16H21NO2/c1-3-14-22(2)15-7-16-23(17-22)21(24)20-12-10-19(11-13-20)18-8-5-4-6-9-18;1-3-12-20(2)13-7-14-21(15-20)19(22)18-11-6-9-16-8-4-5-10-17(16)18;1-14(2)12-17(3)10-7-11-18(13-17)16(19)15-8-5-4-6-9-15;1-3-10-17(13-16-8-5-4-6-9-16)11-7-12-18(14-17)15(2)19;1-13(17)11-16(2)9-6-10-18(12-16)15(19)14-7-4-3-5-8-14;1-3-10-16(2)11-7-12-17(13-16)15(18)19-14-8-5-4-6-9-14;1-3-9-16(2)10-11-17(13-16)15(18)19-12-14-7-5-4-6-8-14/h3-6,8-13H,1,7,14-17H2,2H3;3-6,8-11H,1,7,12-15H2,2H3;4-6,8-9H,1,7,10-13H2,2-3H3;3-6,8-9H,1,7,10-14H2,2H3;3-5,7-8H,1,6,9-12H2,2H3;3-6,8-9H,1,7,10-13H2,2H3;3-8H,1,9-13H2,2H3/t22-;20-;2*17-;3*16-/m1101011/s1. The molecule has 0 aliphatic carbocycles. The van der Waals surface area contributed by atoms with E-state index in [0.29, 0.717) is 17.4 Å². The maximum Gasteiger partial charge on any atom is 0.415 e. The van der Waals surface area contributed by atoms with E-state index >= 15 is 0 Å². The summed E-state index contributed by atoms with van der Waals surface area (Å²) in [6, 6.07) is 80.9. The summed E-state index contributed by atoms with van der Waals surface area (Å²) < 4.78 is 10.7. The maximum atomic E-state index is 13.0. The predicted octanol–water partition coefficient (Wildman–Crippen LogP) is 28.7. The lowest BCUT2D eigenvalue weighted by atomic mass is 9.72. The summed E-state index contributed by atoms with van der Waals surface area (Å²) >= 11 is 5.95. The molecule has 7 saturated heterocycles. The number of hydrogen-bond acceptors (Lipinski definition) is 9. The number of rotatable bonds is 24. The average molecular weight is 1920 g/mol. The molecule has 0 N–H and O–H groups in total. The zero-order valence-electron chi connectivity index (χ0n) is 85.6. The van der Waals surface area contributed by atoms with Crippen molar-refractivity contribution in [1.82, 2.24) is 34.3 Å². The van der Waals surface area contributed by atoms with Gasteiger partial charge in [0.2, 0.25) is 5.91 Å². The predicted molar refractivity (Wildman–Crippen MR) is 581 cm³/mol. The molecule has 17 heteroatoms. The summed E-state index contributed by atoms with van der Waals surface area (Å²) in [5.74, 6) is 1.38. The summed E-state index contributed by atoms with van der Waals surface area (Å²) in [7, 11) is 0. The molecular weight excluding hydrogens is 1770 g/mol. The van der Waals surface area contributed by atoms with Crippen molar-refractivity contribution in [3.05, 3.63) is 369 Å². The van der Waals surface area contributed by atoms with Crippen molar-refractivity contribution in [2.45, 2.75) is 197 Å². The van der Waals surface area contributed by atoms with Gasteiger partial charge in [-0.15, -0.1) is 39.5 Å². The molecule has 141 heavy (non-hydrogen) atoms. The van der Waals surface area contributed by atoms with Crippen molar-refractivity contribution in [3.8, 4) is 16.9 Å². The zero-order valence-corrected chi connectivity index (χ0v) is 86.4. The number of halogens is 1. The number of fused-ring (bicyclic) bond motifs is 1. The van der Waals surface area contributed by atoms with Gasteiger partial charge in [-0.2, -0.15) is 0 Å². The van der Waals surface area contributed by atoms with Crippen molar-refractivity contribution in [2.75, 3.05) is 91.6 Å². The van der Waals surface area contributed by atoms with Gasteiger partial charge in [0.1, 0.15) is 12.4 Å². The molecule has 7 aliphatic heterocycles. The van der Waals surface area contributed by atoms with Crippen LogP contribution in [-0.2, 0) is 22.6 Å². The smallest absolute Gasteiger partial charge is 0.415 e. The van der Waals surface area contributed by atoms with Gasteiger partial charge < -0.3 is 43.8 Å². The molecule has 748 valence electrons. The fraction of sp³-hybridized carbons (Fsp3) is 0.411. The van der Waals surface area contributed by atoms with Gasteiger partial charge in [-0.05, 0) is 267 Å². The number of piperidine rings is 6. The summed E-state index contributed by atoms with van der Waals surface area (Å²) in [4.78, 5) is 100. The number of hydrogen-bond donors (Lipinski definition) is 0. The van der Waals surface area contributed by atoms with Crippen molar-refractivity contribution in [2.24, 2.45) is 37.9 Å². The molecule has 0 unspecified atom stereocenters. The minimum absolute atomic E-state index is 0.0571. The first-order valence-electron chi connectivity index (χ1n) is 50.9. The first-order chi connectivity index (χ1) is 67.6. The van der Waals surface area contributed by atoms with Crippen LogP contribution in [0.2, 0.25) is 0 Å². The Labute approximate surface area is 848 Å². The number of allylic oxidation sites excluding steroid dienone is 7. The molecule has 0 spiro atoms. The third-order valence-electron chi connectivity index (χ3n) is 28.6. The van der Waals surface area contributed by atoms with Crippen molar-refractivity contribution in [3.63, 3.8) is 0 Å². The second-order valence-corrected chi connectivity index (χ2v) is 42.8. The van der Waals surface area contributed by atoms with Crippen LogP contribution in [0.3, 0.4) is 0 Å². The normalized spacial score (nSPS) is 22.3. The van der Waals surface area contributed by atoms with Crippen molar-refractivity contribution in [1.29, 1.82) is 0 Å². The van der Waals surface area contributed by atoms with E-state index in [1.54, 1.807) is 28.9 Å². The van der Waals surface area contributed by atoms with E-state index < -0.39 is 0 Å². The number of benzene rings is 9. The first kappa shape index (κ1) is 111. The molecule has 16 rings (SSSR count). The highest BCUT2D eigenvalue weighted by molar-refractivity contribution is 6.29. The fourth-order valence-electron chi connectivity index (χ4n) is 21.5. The Hall–Kier alpha value is -12.4. The Bertz CT molecular complexity index is 5490. The van der Waals surface area contributed by atoms with Crippen molar-refractivity contribution < 1.29 is 43.0 Å². The monoisotopic (exact) mass is 1920 g/mol. The molecule has 0 bridgehead atoms. The summed E-state index contributed by atoms with van der Waals surface area (Å²) in [5.41, 5.74) is 10.1. The summed E-state index contributed by atoms with van der Waals surface area (Å²) in [6.45, 7) is 56.0. The molecular formula is C124H156ClN7O9. The van der Waals surface area contributed by atoms with Crippen LogP contribution in [0.4, 0.5) is 9.59 Å². The molecule has 16 nitrogen and oxygen atoms in total. The van der Waals surface area contributed by atoms with E-state index in [-0.39, 0.29) is 79.6 Å². The Balaban J connectivity index is 0.000000170. The first-order valence-corrected chi connectivity index (χ1v) is 51.2. The Morgan fingerprint density at radius 1 is 0.333 bits per heavy atom. The van der Waals surface area contributed by atoms with E-state index in [9.17, 15) is 33.6 Å². The van der Waals surface area contributed by atoms with E-state index in [4.69, 9.17) is 21.1 Å². The van der Waals surface area contributed by atoms with Crippen LogP contribution in [-0.4, -0.2) is 168 Å². The van der Waals surface area contributed by atoms with Crippen LogP contribution < -0.4 is 4.74 Å². The zero-order chi connectivity index (χ0) is 101. The molecule has 7 aliphatic rings. The lowest BCUT2D eigenvalue weighted by Gasteiger charge is -2.42. The minimum atomic E-state index is -0.249. The molecule has 0 saturated carbocycles. The van der Waals surface area contributed by atoms with Gasteiger partial charge in [0.15, 0.2) is 0 Å². The van der Waals surface area contributed by atoms with Crippen molar-refractivity contribution >= 4 is 64.1 Å². The Morgan fingerprint density at radius 3 is 1.15 bits per heavy atom. The molecule has 9 aromatic carbocycles. The lowest BCUT2D eigenvalue weighted by Crippen LogP contribution is -2.46. The third-order valence-corrected chi connectivity index (χ3v) is 28.7. The molecule has 0 radical (unpaired) electrons. The largest absolute Gasteiger partial charge is 0.445 e. The number of carbonyl (C=O) groups excluding carboxylic acids is 7. The molecule has 7 atom stereocenters. The highest BCUT2D eigenvalue weighted by atomic mass is 35.5. The second-order valence-electron chi connectivity index (χ2n) is 42.3. The average Bonchev–Trinajstić information content (AvgIpc) is 1.43. The second kappa shape index (κ2) is 54.0. The molecule has 9 aromatic rings. The van der Waals surface area contributed by atoms with Gasteiger partial charge >= 0.3 is 12.2 Å². The highest BCUT2D eigenvalue weighted by Crippen LogP contribution is 2.43. The molecule has 0 aromatic heterocycles. The fourth-order valence-corrected chi connectivity index (χ4v) is 21.9. The van der Waals surface area contributed by atoms with E-state index in [0.717, 1.165) is 251 Å². The summed E-state index contributed by atoms with van der Waals surface area (Å²) in [5, 5.41) is 2.85. The van der Waals surface area contributed by atoms with Gasteiger partial charge in [-0.25, -0.2) is 9.59 Å². The maximum absolute atomic E-state index is 13.0. The van der Waals surface area contributed by atoms with Crippen LogP contribution >= 0.6 is 11.6 Å². The number of para-hydroxylation sites is 1. The highest BCUT2D eigenvalue weighted by Gasteiger charge is 2.41. The third kappa shape index (κ3) is 34.5. The molecule has 7 fully saturated rings. The topological polar surface area (TPSA) is 161 Å². The number of nitrogens with zero attached hydrogens (tertiary/aromatic N) is 7. The van der Waals surface area contributed by atoms with Gasteiger partial charge in [0.05, 0.1) is 0 Å². The molecule has 7 heterocycles. The van der Waals surface area contributed by atoms with Crippen LogP contribution in [0.1, 0.15) is 236 Å². The number of amides is 7. The quantitative estimate of drug-likeness (QED) is 0.0536. The van der Waals surface area contributed by atoms with Crippen LogP contribution in [0, 0.1) is 37.9 Å². The Morgan fingerprint density at radius 2 is 0.688 bits per heavy atom. The minimum Gasteiger partial charge on any atom is -0.445 e. The number of ether oxygens (including phenoxy) is 2. The van der Waals surface area contributed by atoms with Gasteiger partial charge in [-0.3, -0.25) is 24.0 Å². The van der Waals surface area contributed by atoms with E-state index in [1.165, 1.54) is 36.0 Å². The lowest BCUT2D eigenvalue weighted by molar-refractivity contribution is -0.132. The molecule has 7 amide bonds. The summed E-state index contributed by atoms with van der Waals surface area (Å²) in [6.07, 6.45) is 31.2. The van der Waals surface area contributed by atoms with Gasteiger partial charge in [-0.1, -0.05) is 290 Å². The van der Waals surface area contributed by atoms with Crippen LogP contribution in [0.5, 0.6) is 5.75 Å². The van der Waals surface area contributed by atoms with Crippen LogP contribution in [0.15, 0.2) is 336 Å². The van der Waals surface area contributed by atoms with Crippen LogP contribution in [0.25, 0.3) is 21.9 Å².